The van der Waals surface area contributed by atoms with Gasteiger partial charge in [-0.2, -0.15) is 0 Å². The number of aromatic nitrogens is 3. The summed E-state index contributed by atoms with van der Waals surface area (Å²) in [5.74, 6) is 0.879. The molecule has 2 bridgehead atoms. The zero-order chi connectivity index (χ0) is 31.6. The van der Waals surface area contributed by atoms with Crippen LogP contribution in [0.5, 0.6) is 5.75 Å². The van der Waals surface area contributed by atoms with Crippen molar-refractivity contribution in [1.82, 2.24) is 19.7 Å². The third-order valence-corrected chi connectivity index (χ3v) is 10.8. The van der Waals surface area contributed by atoms with Gasteiger partial charge in [0.25, 0.3) is 0 Å². The molecule has 0 radical (unpaired) electrons. The summed E-state index contributed by atoms with van der Waals surface area (Å²) in [6.07, 6.45) is 1.28. The Bertz CT molecular complexity index is 1460. The maximum Gasteiger partial charge on any atom is 0.410 e. The van der Waals surface area contributed by atoms with Crippen molar-refractivity contribution in [3.8, 4) is 17.0 Å². The number of piperidine rings is 1. The molecule has 44 heavy (non-hydrogen) atoms. The number of hydrogen-bond acceptors (Lipinski definition) is 8. The second kappa shape index (κ2) is 13.6. The number of para-hydroxylation sites is 1. The van der Waals surface area contributed by atoms with Crippen molar-refractivity contribution in [3.63, 3.8) is 0 Å². The van der Waals surface area contributed by atoms with Gasteiger partial charge in [-0.3, -0.25) is 4.90 Å². The number of carbonyl (C=O) groups excluding carboxylic acids is 1. The van der Waals surface area contributed by atoms with Crippen LogP contribution < -0.4 is 4.74 Å². The highest BCUT2D eigenvalue weighted by molar-refractivity contribution is 14.1. The quantitative estimate of drug-likeness (QED) is 0.0963. The zero-order valence-corrected chi connectivity index (χ0v) is 30.0. The molecule has 3 aromatic rings. The van der Waals surface area contributed by atoms with Gasteiger partial charge in [0, 0.05) is 47.9 Å². The highest BCUT2D eigenvalue weighted by Gasteiger charge is 2.45. The number of amides is 1. The normalized spacial score (nSPS) is 20.6. The first-order valence-corrected chi connectivity index (χ1v) is 20.1. The van der Waals surface area contributed by atoms with E-state index < -0.39 is 13.7 Å². The predicted octanol–water partition coefficient (Wildman–Crippen LogP) is 6.88. The standard InChI is InChI=1S/C32H45IN4O6Si/c1-32(2,3)43-31(38)37-22-14-21(15-23(37)18-41-17-22)29-28(33)25-16-26(24-10-8-9-11-27(24)42-20-39-4)34-35-30(25)36(29)19-40-12-13-44(5,6)7/h8-11,16,21-23H,12-15,17-20H2,1-7H3/t21?,22-,23+. The average molecular weight is 737 g/mol. The van der Waals surface area contributed by atoms with Crippen molar-refractivity contribution in [2.24, 2.45) is 0 Å². The molecule has 0 N–H and O–H groups in total. The highest BCUT2D eigenvalue weighted by Crippen LogP contribution is 2.43. The summed E-state index contributed by atoms with van der Waals surface area (Å²) in [5.41, 5.74) is 3.02. The molecule has 2 aliphatic heterocycles. The molecule has 2 aliphatic rings. The highest BCUT2D eigenvalue weighted by atomic mass is 127. The topological polar surface area (TPSA) is 97.2 Å². The van der Waals surface area contributed by atoms with Crippen LogP contribution in [0.3, 0.4) is 0 Å². The van der Waals surface area contributed by atoms with Crippen molar-refractivity contribution in [3.05, 3.63) is 39.6 Å². The van der Waals surface area contributed by atoms with Crippen molar-refractivity contribution in [1.29, 1.82) is 0 Å². The van der Waals surface area contributed by atoms with E-state index in [0.717, 1.165) is 44.7 Å². The molecule has 4 heterocycles. The fraction of sp³-hybridized carbons (Fsp3) is 0.594. The summed E-state index contributed by atoms with van der Waals surface area (Å²) in [6.45, 7) is 15.0. The molecule has 1 aromatic carbocycles. The fourth-order valence-corrected chi connectivity index (χ4v) is 7.88. The fourth-order valence-electron chi connectivity index (χ4n) is 5.99. The van der Waals surface area contributed by atoms with E-state index in [4.69, 9.17) is 28.8 Å². The van der Waals surface area contributed by atoms with E-state index in [-0.39, 0.29) is 30.9 Å². The molecule has 0 aliphatic carbocycles. The minimum Gasteiger partial charge on any atom is -0.467 e. The van der Waals surface area contributed by atoms with Gasteiger partial charge in [0.15, 0.2) is 12.4 Å². The molecule has 3 atom stereocenters. The third kappa shape index (κ3) is 7.57. The molecule has 5 rings (SSSR count). The zero-order valence-electron chi connectivity index (χ0n) is 26.9. The van der Waals surface area contributed by atoms with E-state index >= 15 is 0 Å². The first-order valence-electron chi connectivity index (χ1n) is 15.3. The average Bonchev–Trinajstić information content (AvgIpc) is 3.22. The van der Waals surface area contributed by atoms with Gasteiger partial charge in [-0.1, -0.05) is 31.8 Å². The summed E-state index contributed by atoms with van der Waals surface area (Å²) in [6, 6.07) is 10.8. The number of benzene rings is 1. The lowest BCUT2D eigenvalue weighted by Gasteiger charge is -2.48. The molecule has 0 spiro atoms. The van der Waals surface area contributed by atoms with Crippen molar-refractivity contribution in [2.45, 2.75) is 89.6 Å². The molecular formula is C32H45IN4O6Si. The maximum atomic E-state index is 13.3. The van der Waals surface area contributed by atoms with Crippen LogP contribution in [0, 0.1) is 3.57 Å². The Morgan fingerprint density at radius 2 is 1.82 bits per heavy atom. The van der Waals surface area contributed by atoms with E-state index in [1.807, 2.05) is 49.9 Å². The summed E-state index contributed by atoms with van der Waals surface area (Å²) in [7, 11) is 0.353. The van der Waals surface area contributed by atoms with Gasteiger partial charge in [-0.15, -0.1) is 10.2 Å². The summed E-state index contributed by atoms with van der Waals surface area (Å²) >= 11 is 2.46. The minimum absolute atomic E-state index is 0.0659. The van der Waals surface area contributed by atoms with Gasteiger partial charge < -0.3 is 28.3 Å². The lowest BCUT2D eigenvalue weighted by atomic mass is 9.83. The lowest BCUT2D eigenvalue weighted by Crippen LogP contribution is -2.59. The van der Waals surface area contributed by atoms with Crippen LogP contribution in [0.15, 0.2) is 30.3 Å². The Kier molecular flexibility index (Phi) is 10.2. The van der Waals surface area contributed by atoms with Crippen molar-refractivity contribution < 1.29 is 28.5 Å². The largest absolute Gasteiger partial charge is 0.467 e. The van der Waals surface area contributed by atoms with Gasteiger partial charge >= 0.3 is 6.09 Å². The van der Waals surface area contributed by atoms with Gasteiger partial charge in [0.1, 0.15) is 18.1 Å². The van der Waals surface area contributed by atoms with Crippen LogP contribution in [0.4, 0.5) is 4.79 Å². The molecule has 10 nitrogen and oxygen atoms in total. The Balaban J connectivity index is 1.51. The van der Waals surface area contributed by atoms with E-state index in [1.54, 1.807) is 7.11 Å². The number of nitrogens with zero attached hydrogens (tertiary/aromatic N) is 4. The van der Waals surface area contributed by atoms with Crippen molar-refractivity contribution >= 4 is 47.8 Å². The van der Waals surface area contributed by atoms with E-state index in [1.165, 1.54) is 5.69 Å². The van der Waals surface area contributed by atoms with Crippen LogP contribution in [0.1, 0.15) is 45.2 Å². The van der Waals surface area contributed by atoms with Gasteiger partial charge in [0.2, 0.25) is 0 Å². The summed E-state index contributed by atoms with van der Waals surface area (Å²) < 4.78 is 32.4. The number of methoxy groups -OCH3 is 1. The molecule has 240 valence electrons. The lowest BCUT2D eigenvalue weighted by molar-refractivity contribution is -0.0832. The Morgan fingerprint density at radius 3 is 2.48 bits per heavy atom. The summed E-state index contributed by atoms with van der Waals surface area (Å²) in [4.78, 5) is 15.2. The van der Waals surface area contributed by atoms with Gasteiger partial charge in [-0.25, -0.2) is 4.79 Å². The second-order valence-electron chi connectivity index (χ2n) is 13.9. The number of morpholine rings is 1. The van der Waals surface area contributed by atoms with E-state index in [9.17, 15) is 4.79 Å². The van der Waals surface area contributed by atoms with Crippen LogP contribution >= 0.6 is 22.6 Å². The first kappa shape index (κ1) is 33.1. The smallest absolute Gasteiger partial charge is 0.410 e. The van der Waals surface area contributed by atoms with E-state index in [2.05, 4.69) is 58.0 Å². The molecule has 2 saturated heterocycles. The Morgan fingerprint density at radius 1 is 1.11 bits per heavy atom. The molecule has 1 amide bonds. The molecule has 2 aromatic heterocycles. The minimum atomic E-state index is -1.25. The number of ether oxygens (including phenoxy) is 5. The van der Waals surface area contributed by atoms with Gasteiger partial charge in [0.05, 0.1) is 31.0 Å². The Labute approximate surface area is 274 Å². The number of hydrogen-bond donors (Lipinski definition) is 0. The molecular weight excluding hydrogens is 691 g/mol. The monoisotopic (exact) mass is 736 g/mol. The number of rotatable bonds is 10. The van der Waals surface area contributed by atoms with Crippen molar-refractivity contribution in [2.75, 3.05) is 33.7 Å². The number of fused-ring (bicyclic) bond motifs is 3. The summed E-state index contributed by atoms with van der Waals surface area (Å²) in [5, 5.41) is 10.5. The molecule has 2 fully saturated rings. The van der Waals surface area contributed by atoms with Crippen LogP contribution in [-0.2, 0) is 25.7 Å². The predicted molar refractivity (Wildman–Crippen MR) is 181 cm³/mol. The molecule has 0 saturated carbocycles. The third-order valence-electron chi connectivity index (χ3n) is 8.01. The SMILES string of the molecule is COCOc1ccccc1-c1cc2c(I)c(C3C[C@H]4COC[C@@H](C3)N4C(=O)OC(C)(C)C)n(COCC[Si](C)(C)C)c2nn1. The van der Waals surface area contributed by atoms with Crippen LogP contribution in [0.25, 0.3) is 22.3 Å². The first-order chi connectivity index (χ1) is 20.9. The molecule has 12 heteroatoms. The molecule has 1 unspecified atom stereocenters. The van der Waals surface area contributed by atoms with Gasteiger partial charge in [-0.05, 0) is 80.4 Å². The van der Waals surface area contributed by atoms with Crippen LogP contribution in [0.2, 0.25) is 25.7 Å². The Hall–Kier alpha value is -2.26. The maximum absolute atomic E-state index is 13.3. The van der Waals surface area contributed by atoms with Crippen LogP contribution in [-0.4, -0.2) is 85.2 Å². The number of carbonyl (C=O) groups is 1. The number of halogens is 1. The van der Waals surface area contributed by atoms with E-state index in [0.29, 0.717) is 32.3 Å². The second-order valence-corrected chi connectivity index (χ2v) is 20.6.